The van der Waals surface area contributed by atoms with Gasteiger partial charge in [-0.1, -0.05) is 12.1 Å². The first kappa shape index (κ1) is 12.0. The number of aryl methyl sites for hydroxylation is 2. The second kappa shape index (κ2) is 4.34. The lowest BCUT2D eigenvalue weighted by Gasteiger charge is -2.07. The van der Waals surface area contributed by atoms with E-state index in [2.05, 4.69) is 45.7 Å². The Morgan fingerprint density at radius 2 is 2.00 bits per heavy atom. The number of nitrogens with one attached hydrogen (secondary N) is 2. The molecule has 0 atom stereocenters. The fraction of sp³-hybridized carbons (Fsp3) is 0.125. The number of aromatic nitrogens is 4. The highest BCUT2D eigenvalue weighted by atomic mass is 15.2. The van der Waals surface area contributed by atoms with E-state index in [4.69, 9.17) is 0 Å². The van der Waals surface area contributed by atoms with Crippen molar-refractivity contribution in [3.63, 3.8) is 0 Å². The third kappa shape index (κ3) is 1.86. The molecule has 2 aromatic carbocycles. The van der Waals surface area contributed by atoms with Crippen LogP contribution >= 0.6 is 0 Å². The first-order valence-electron chi connectivity index (χ1n) is 6.85. The van der Waals surface area contributed by atoms with Gasteiger partial charge in [0.15, 0.2) is 5.82 Å². The van der Waals surface area contributed by atoms with Crippen molar-refractivity contribution in [2.75, 3.05) is 5.32 Å². The van der Waals surface area contributed by atoms with E-state index in [1.165, 1.54) is 10.9 Å². The Kier molecular flexibility index (Phi) is 2.47. The van der Waals surface area contributed by atoms with Gasteiger partial charge in [0.2, 0.25) is 0 Å². The molecule has 0 aliphatic heterocycles. The Balaban J connectivity index is 1.82. The van der Waals surface area contributed by atoms with E-state index in [-0.39, 0.29) is 0 Å². The van der Waals surface area contributed by atoms with Crippen LogP contribution in [0.3, 0.4) is 0 Å². The first-order valence-corrected chi connectivity index (χ1v) is 6.85. The average Bonchev–Trinajstić information content (AvgIpc) is 3.05. The second-order valence-corrected chi connectivity index (χ2v) is 5.24. The Morgan fingerprint density at radius 1 is 1.14 bits per heavy atom. The van der Waals surface area contributed by atoms with Gasteiger partial charge in [-0.25, -0.2) is 0 Å². The summed E-state index contributed by atoms with van der Waals surface area (Å²) in [6, 6.07) is 12.3. The highest BCUT2D eigenvalue weighted by Gasteiger charge is 2.08. The Morgan fingerprint density at radius 3 is 2.90 bits per heavy atom. The summed E-state index contributed by atoms with van der Waals surface area (Å²) in [5, 5.41) is 17.4. The Labute approximate surface area is 121 Å². The predicted molar refractivity (Wildman–Crippen MR) is 84.8 cm³/mol. The van der Waals surface area contributed by atoms with Gasteiger partial charge in [-0.15, -0.1) is 0 Å². The van der Waals surface area contributed by atoms with Gasteiger partial charge in [-0.2, -0.15) is 10.2 Å². The van der Waals surface area contributed by atoms with Gasteiger partial charge < -0.3 is 5.32 Å². The SMILES string of the molecule is Cc1cc(Nc2n[nH]c3ccccc23)cc2c1cnn2C. The van der Waals surface area contributed by atoms with Gasteiger partial charge in [-0.05, 0) is 36.8 Å². The Bertz CT molecular complexity index is 948. The lowest BCUT2D eigenvalue weighted by Crippen LogP contribution is -1.94. The van der Waals surface area contributed by atoms with Crippen molar-refractivity contribution in [2.45, 2.75) is 6.92 Å². The molecule has 21 heavy (non-hydrogen) atoms. The van der Waals surface area contributed by atoms with Crippen molar-refractivity contribution in [3.05, 3.63) is 48.2 Å². The van der Waals surface area contributed by atoms with Crippen LogP contribution in [0.2, 0.25) is 0 Å². The molecule has 2 N–H and O–H groups in total. The number of H-pyrrole nitrogens is 1. The number of hydrogen-bond donors (Lipinski definition) is 2. The molecule has 0 radical (unpaired) electrons. The summed E-state index contributed by atoms with van der Waals surface area (Å²) in [6.07, 6.45) is 1.90. The number of rotatable bonds is 2. The molecule has 0 aliphatic carbocycles. The van der Waals surface area contributed by atoms with E-state index < -0.39 is 0 Å². The maximum atomic E-state index is 4.35. The van der Waals surface area contributed by atoms with E-state index >= 15 is 0 Å². The zero-order valence-corrected chi connectivity index (χ0v) is 11.9. The highest BCUT2D eigenvalue weighted by molar-refractivity contribution is 5.93. The molecule has 2 aromatic heterocycles. The summed E-state index contributed by atoms with van der Waals surface area (Å²) in [6.45, 7) is 2.10. The van der Waals surface area contributed by atoms with Gasteiger partial charge in [-0.3, -0.25) is 9.78 Å². The maximum absolute atomic E-state index is 4.35. The van der Waals surface area contributed by atoms with Crippen LogP contribution in [-0.4, -0.2) is 20.0 Å². The van der Waals surface area contributed by atoms with Crippen molar-refractivity contribution in [1.82, 2.24) is 20.0 Å². The third-order valence-corrected chi connectivity index (χ3v) is 3.81. The quantitative estimate of drug-likeness (QED) is 0.589. The molecule has 0 spiro atoms. The molecular formula is C16H15N5. The normalized spacial score (nSPS) is 11.3. The van der Waals surface area contributed by atoms with E-state index in [1.807, 2.05) is 36.1 Å². The van der Waals surface area contributed by atoms with Crippen molar-refractivity contribution < 1.29 is 0 Å². The molecule has 0 saturated carbocycles. The largest absolute Gasteiger partial charge is 0.338 e. The molecule has 0 aliphatic rings. The number of anilines is 2. The minimum Gasteiger partial charge on any atom is -0.338 e. The minimum absolute atomic E-state index is 0.839. The molecule has 2 heterocycles. The summed E-state index contributed by atoms with van der Waals surface area (Å²) in [7, 11) is 1.95. The van der Waals surface area contributed by atoms with Gasteiger partial charge in [0.1, 0.15) is 0 Å². The predicted octanol–water partition coefficient (Wildman–Crippen LogP) is 3.50. The summed E-state index contributed by atoms with van der Waals surface area (Å²) in [4.78, 5) is 0. The lowest BCUT2D eigenvalue weighted by molar-refractivity contribution is 0.797. The molecular weight excluding hydrogens is 262 g/mol. The second-order valence-electron chi connectivity index (χ2n) is 5.24. The molecule has 0 bridgehead atoms. The van der Waals surface area contributed by atoms with Crippen LogP contribution in [0.15, 0.2) is 42.6 Å². The summed E-state index contributed by atoms with van der Waals surface area (Å²) >= 11 is 0. The lowest BCUT2D eigenvalue weighted by atomic mass is 10.1. The average molecular weight is 277 g/mol. The number of hydrogen-bond acceptors (Lipinski definition) is 3. The molecule has 5 heteroatoms. The number of nitrogens with zero attached hydrogens (tertiary/aromatic N) is 3. The van der Waals surface area contributed by atoms with Crippen LogP contribution < -0.4 is 5.32 Å². The van der Waals surface area contributed by atoms with Crippen LogP contribution in [0.25, 0.3) is 21.8 Å². The number of benzene rings is 2. The van der Waals surface area contributed by atoms with E-state index in [9.17, 15) is 0 Å². The molecule has 4 rings (SSSR count). The summed E-state index contributed by atoms with van der Waals surface area (Å²) in [5.74, 6) is 0.839. The summed E-state index contributed by atoms with van der Waals surface area (Å²) in [5.41, 5.74) is 4.35. The van der Waals surface area contributed by atoms with Crippen molar-refractivity contribution >= 4 is 33.3 Å². The van der Waals surface area contributed by atoms with Crippen LogP contribution in [0.5, 0.6) is 0 Å². The molecule has 4 aromatic rings. The molecule has 0 unspecified atom stereocenters. The maximum Gasteiger partial charge on any atom is 0.160 e. The molecule has 0 saturated heterocycles. The molecule has 104 valence electrons. The van der Waals surface area contributed by atoms with Gasteiger partial charge in [0.25, 0.3) is 0 Å². The smallest absolute Gasteiger partial charge is 0.160 e. The molecule has 5 nitrogen and oxygen atoms in total. The molecule has 0 fully saturated rings. The van der Waals surface area contributed by atoms with Gasteiger partial charge in [0, 0.05) is 23.5 Å². The number of aromatic amines is 1. The fourth-order valence-electron chi connectivity index (χ4n) is 2.69. The monoisotopic (exact) mass is 277 g/mol. The third-order valence-electron chi connectivity index (χ3n) is 3.81. The highest BCUT2D eigenvalue weighted by Crippen LogP contribution is 2.27. The first-order chi connectivity index (χ1) is 10.2. The van der Waals surface area contributed by atoms with Crippen LogP contribution in [0.4, 0.5) is 11.5 Å². The topological polar surface area (TPSA) is 58.5 Å². The van der Waals surface area contributed by atoms with E-state index in [0.29, 0.717) is 0 Å². The standard InChI is InChI=1S/C16H15N5/c1-10-7-11(8-15-13(10)9-17-21(15)2)18-16-12-5-3-4-6-14(12)19-20-16/h3-9H,1-2H3,(H2,18,19,20). The van der Waals surface area contributed by atoms with E-state index in [0.717, 1.165) is 27.9 Å². The van der Waals surface area contributed by atoms with Gasteiger partial charge >= 0.3 is 0 Å². The zero-order chi connectivity index (χ0) is 14.4. The van der Waals surface area contributed by atoms with Crippen LogP contribution in [-0.2, 0) is 7.05 Å². The fourth-order valence-corrected chi connectivity index (χ4v) is 2.69. The van der Waals surface area contributed by atoms with Gasteiger partial charge in [0.05, 0.1) is 17.2 Å². The number of para-hydroxylation sites is 1. The van der Waals surface area contributed by atoms with Crippen LogP contribution in [0.1, 0.15) is 5.56 Å². The number of fused-ring (bicyclic) bond motifs is 2. The van der Waals surface area contributed by atoms with Crippen LogP contribution in [0, 0.1) is 6.92 Å². The minimum atomic E-state index is 0.839. The molecule has 0 amide bonds. The van der Waals surface area contributed by atoms with Crippen molar-refractivity contribution in [3.8, 4) is 0 Å². The summed E-state index contributed by atoms with van der Waals surface area (Å²) < 4.78 is 1.89. The van der Waals surface area contributed by atoms with E-state index in [1.54, 1.807) is 0 Å². The Hall–Kier alpha value is -2.82. The zero-order valence-electron chi connectivity index (χ0n) is 11.9. The van der Waals surface area contributed by atoms with Crippen molar-refractivity contribution in [2.24, 2.45) is 7.05 Å². The van der Waals surface area contributed by atoms with Crippen molar-refractivity contribution in [1.29, 1.82) is 0 Å².